The van der Waals surface area contributed by atoms with Gasteiger partial charge in [-0.05, 0) is 19.1 Å². The van der Waals surface area contributed by atoms with Crippen LogP contribution < -0.4 is 10.6 Å². The standard InChI is InChI=1S/C10H13N3O/c1-6-7(2)12-9-8(13-10(6)14)4-3-5-11-9/h3-7H,1-2H3,(H,11,12)(H,13,14). The third kappa shape index (κ3) is 1.43. The van der Waals surface area contributed by atoms with Gasteiger partial charge in [0.05, 0.1) is 11.6 Å². The SMILES string of the molecule is CC1Nc2ncccc2NC(=O)C1C. The van der Waals surface area contributed by atoms with E-state index in [2.05, 4.69) is 15.6 Å². The number of rotatable bonds is 0. The Labute approximate surface area is 82.7 Å². The van der Waals surface area contributed by atoms with Crippen LogP contribution in [-0.4, -0.2) is 16.9 Å². The van der Waals surface area contributed by atoms with E-state index in [1.807, 2.05) is 19.9 Å². The Hall–Kier alpha value is -1.58. The zero-order valence-corrected chi connectivity index (χ0v) is 8.24. The fourth-order valence-corrected chi connectivity index (χ4v) is 1.44. The van der Waals surface area contributed by atoms with Gasteiger partial charge in [0.25, 0.3) is 0 Å². The van der Waals surface area contributed by atoms with Crippen LogP contribution in [0.3, 0.4) is 0 Å². The highest BCUT2D eigenvalue weighted by atomic mass is 16.1. The van der Waals surface area contributed by atoms with Crippen molar-refractivity contribution in [3.63, 3.8) is 0 Å². The van der Waals surface area contributed by atoms with E-state index in [4.69, 9.17) is 0 Å². The van der Waals surface area contributed by atoms with Crippen LogP contribution in [0.1, 0.15) is 13.8 Å². The van der Waals surface area contributed by atoms with E-state index in [9.17, 15) is 4.79 Å². The molecule has 2 unspecified atom stereocenters. The van der Waals surface area contributed by atoms with E-state index in [1.54, 1.807) is 12.3 Å². The molecule has 2 N–H and O–H groups in total. The number of carbonyl (C=O) groups is 1. The van der Waals surface area contributed by atoms with Crippen LogP contribution >= 0.6 is 0 Å². The Balaban J connectivity index is 2.39. The quantitative estimate of drug-likeness (QED) is 0.653. The molecule has 0 saturated carbocycles. The van der Waals surface area contributed by atoms with Gasteiger partial charge in [0, 0.05) is 12.2 Å². The molecule has 0 aliphatic carbocycles. The lowest BCUT2D eigenvalue weighted by atomic mass is 10.0. The molecule has 0 saturated heterocycles. The van der Waals surface area contributed by atoms with Gasteiger partial charge < -0.3 is 10.6 Å². The number of hydrogen-bond donors (Lipinski definition) is 2. The van der Waals surface area contributed by atoms with Gasteiger partial charge in [-0.15, -0.1) is 0 Å². The van der Waals surface area contributed by atoms with Gasteiger partial charge in [0.15, 0.2) is 0 Å². The molecule has 0 radical (unpaired) electrons. The van der Waals surface area contributed by atoms with Gasteiger partial charge >= 0.3 is 0 Å². The van der Waals surface area contributed by atoms with Crippen LogP contribution in [0.15, 0.2) is 18.3 Å². The highest BCUT2D eigenvalue weighted by Gasteiger charge is 2.25. The molecule has 0 aromatic carbocycles. The van der Waals surface area contributed by atoms with Gasteiger partial charge in [-0.2, -0.15) is 0 Å². The van der Waals surface area contributed by atoms with Crippen molar-refractivity contribution in [1.82, 2.24) is 4.98 Å². The van der Waals surface area contributed by atoms with E-state index in [1.165, 1.54) is 0 Å². The molecule has 1 aromatic heterocycles. The summed E-state index contributed by atoms with van der Waals surface area (Å²) in [6, 6.07) is 3.76. The maximum absolute atomic E-state index is 11.6. The number of anilines is 2. The number of carbonyl (C=O) groups excluding carboxylic acids is 1. The van der Waals surface area contributed by atoms with E-state index in [0.717, 1.165) is 11.5 Å². The molecule has 2 rings (SSSR count). The fraction of sp³-hybridized carbons (Fsp3) is 0.400. The maximum atomic E-state index is 11.6. The van der Waals surface area contributed by atoms with Gasteiger partial charge in [-0.3, -0.25) is 4.79 Å². The number of pyridine rings is 1. The summed E-state index contributed by atoms with van der Waals surface area (Å²) in [5.74, 6) is 0.735. The van der Waals surface area contributed by atoms with E-state index in [-0.39, 0.29) is 17.9 Å². The van der Waals surface area contributed by atoms with Crippen molar-refractivity contribution < 1.29 is 4.79 Å². The topological polar surface area (TPSA) is 54.0 Å². The second kappa shape index (κ2) is 3.29. The minimum Gasteiger partial charge on any atom is -0.365 e. The Morgan fingerprint density at radius 1 is 1.43 bits per heavy atom. The second-order valence-electron chi connectivity index (χ2n) is 3.61. The highest BCUT2D eigenvalue weighted by molar-refractivity contribution is 5.96. The molecule has 0 fully saturated rings. The van der Waals surface area contributed by atoms with Crippen molar-refractivity contribution in [3.05, 3.63) is 18.3 Å². The fourth-order valence-electron chi connectivity index (χ4n) is 1.44. The van der Waals surface area contributed by atoms with Crippen molar-refractivity contribution in [2.24, 2.45) is 5.92 Å². The summed E-state index contributed by atoms with van der Waals surface area (Å²) in [6.45, 7) is 3.88. The minimum atomic E-state index is -0.0517. The Bertz CT molecular complexity index is 364. The van der Waals surface area contributed by atoms with Gasteiger partial charge in [-0.1, -0.05) is 6.92 Å². The van der Waals surface area contributed by atoms with E-state index >= 15 is 0 Å². The molecule has 1 aliphatic heterocycles. The van der Waals surface area contributed by atoms with Gasteiger partial charge in [0.1, 0.15) is 5.82 Å². The lowest BCUT2D eigenvalue weighted by molar-refractivity contribution is -0.119. The molecule has 4 heteroatoms. The largest absolute Gasteiger partial charge is 0.365 e. The Morgan fingerprint density at radius 3 is 3.00 bits per heavy atom. The van der Waals surface area contributed by atoms with Crippen LogP contribution in [0.2, 0.25) is 0 Å². The molecule has 14 heavy (non-hydrogen) atoms. The zero-order valence-electron chi connectivity index (χ0n) is 8.24. The minimum absolute atomic E-state index is 0.0387. The summed E-state index contributed by atoms with van der Waals surface area (Å²) in [4.78, 5) is 15.8. The van der Waals surface area contributed by atoms with Crippen molar-refractivity contribution in [1.29, 1.82) is 0 Å². The Kier molecular flexibility index (Phi) is 2.11. The average molecular weight is 191 g/mol. The first-order valence-electron chi connectivity index (χ1n) is 4.71. The lowest BCUT2D eigenvalue weighted by Gasteiger charge is -2.15. The predicted octanol–water partition coefficient (Wildman–Crippen LogP) is 1.47. The lowest BCUT2D eigenvalue weighted by Crippen LogP contribution is -2.30. The number of nitrogens with zero attached hydrogens (tertiary/aromatic N) is 1. The molecule has 1 aliphatic rings. The number of hydrogen-bond acceptors (Lipinski definition) is 3. The first kappa shape index (κ1) is 8.99. The molecule has 2 atom stereocenters. The van der Waals surface area contributed by atoms with Crippen molar-refractivity contribution in [3.8, 4) is 0 Å². The average Bonchev–Trinajstić information content (AvgIpc) is 2.28. The van der Waals surface area contributed by atoms with Crippen LogP contribution in [0.5, 0.6) is 0 Å². The van der Waals surface area contributed by atoms with Crippen LogP contribution in [0.4, 0.5) is 11.5 Å². The van der Waals surface area contributed by atoms with Crippen LogP contribution in [0, 0.1) is 5.92 Å². The Morgan fingerprint density at radius 2 is 2.21 bits per heavy atom. The summed E-state index contributed by atoms with van der Waals surface area (Å²) in [6.07, 6.45) is 1.71. The van der Waals surface area contributed by atoms with Crippen molar-refractivity contribution >= 4 is 17.4 Å². The third-order valence-corrected chi connectivity index (χ3v) is 2.59. The van der Waals surface area contributed by atoms with Crippen molar-refractivity contribution in [2.45, 2.75) is 19.9 Å². The molecule has 1 aromatic rings. The molecular weight excluding hydrogens is 178 g/mol. The molecular formula is C10H13N3O. The molecule has 1 amide bonds. The normalized spacial score (nSPS) is 25.7. The first-order chi connectivity index (χ1) is 6.68. The summed E-state index contributed by atoms with van der Waals surface area (Å²) in [7, 11) is 0. The number of nitrogens with one attached hydrogen (secondary N) is 2. The number of aromatic nitrogens is 1. The number of fused-ring (bicyclic) bond motifs is 1. The maximum Gasteiger partial charge on any atom is 0.229 e. The third-order valence-electron chi connectivity index (χ3n) is 2.59. The summed E-state index contributed by atoms with van der Waals surface area (Å²) in [5.41, 5.74) is 0.758. The predicted molar refractivity (Wildman–Crippen MR) is 55.1 cm³/mol. The summed E-state index contributed by atoms with van der Waals surface area (Å²) in [5, 5.41) is 6.05. The second-order valence-corrected chi connectivity index (χ2v) is 3.61. The van der Waals surface area contributed by atoms with E-state index < -0.39 is 0 Å². The van der Waals surface area contributed by atoms with E-state index in [0.29, 0.717) is 0 Å². The highest BCUT2D eigenvalue weighted by Crippen LogP contribution is 2.24. The smallest absolute Gasteiger partial charge is 0.229 e. The number of amides is 1. The molecule has 74 valence electrons. The van der Waals surface area contributed by atoms with Gasteiger partial charge in [-0.25, -0.2) is 4.98 Å². The summed E-state index contributed by atoms with van der Waals surface area (Å²) < 4.78 is 0. The monoisotopic (exact) mass is 191 g/mol. The zero-order chi connectivity index (χ0) is 10.1. The molecule has 0 bridgehead atoms. The summed E-state index contributed by atoms with van der Waals surface area (Å²) >= 11 is 0. The van der Waals surface area contributed by atoms with Crippen LogP contribution in [0.25, 0.3) is 0 Å². The molecule has 2 heterocycles. The molecule has 0 spiro atoms. The van der Waals surface area contributed by atoms with Gasteiger partial charge in [0.2, 0.25) is 5.91 Å². The van der Waals surface area contributed by atoms with Crippen molar-refractivity contribution in [2.75, 3.05) is 10.6 Å². The molecule has 4 nitrogen and oxygen atoms in total. The first-order valence-corrected chi connectivity index (χ1v) is 4.71. The van der Waals surface area contributed by atoms with Crippen LogP contribution in [-0.2, 0) is 4.79 Å².